The number of aryl methyl sites for hydroxylation is 1. The molecule has 4 aromatic rings. The van der Waals surface area contributed by atoms with Crippen LogP contribution in [-0.4, -0.2) is 24.0 Å². The predicted octanol–water partition coefficient (Wildman–Crippen LogP) is 6.24. The van der Waals surface area contributed by atoms with Gasteiger partial charge < -0.3 is 15.3 Å². The first-order valence-corrected chi connectivity index (χ1v) is 11.5. The highest BCUT2D eigenvalue weighted by atomic mass is 16.3. The Morgan fingerprint density at radius 1 is 0.829 bits per heavy atom. The van der Waals surface area contributed by atoms with Crippen LogP contribution in [0.15, 0.2) is 97.1 Å². The van der Waals surface area contributed by atoms with E-state index in [1.165, 1.54) is 4.90 Å². The van der Waals surface area contributed by atoms with Crippen LogP contribution >= 0.6 is 0 Å². The first-order valence-electron chi connectivity index (χ1n) is 11.5. The largest absolute Gasteiger partial charge is 0.389 e. The second-order valence-corrected chi connectivity index (χ2v) is 8.54. The van der Waals surface area contributed by atoms with E-state index in [4.69, 9.17) is 0 Å². The molecule has 0 aromatic heterocycles. The van der Waals surface area contributed by atoms with Gasteiger partial charge in [-0.05, 0) is 61.4 Å². The number of nitrogens with one attached hydrogen (secondary N) is 1. The summed E-state index contributed by atoms with van der Waals surface area (Å²) >= 11 is 0. The van der Waals surface area contributed by atoms with Gasteiger partial charge >= 0.3 is 0 Å². The summed E-state index contributed by atoms with van der Waals surface area (Å²) in [6.07, 6.45) is -0.693. The summed E-state index contributed by atoms with van der Waals surface area (Å²) in [7, 11) is 1.68. The number of benzene rings is 4. The van der Waals surface area contributed by atoms with Crippen LogP contribution < -0.4 is 10.2 Å². The molecule has 0 radical (unpaired) electrons. The molecule has 0 spiro atoms. The lowest BCUT2D eigenvalue weighted by molar-refractivity contribution is 0.0991. The minimum atomic E-state index is -0.693. The molecule has 0 fully saturated rings. The van der Waals surface area contributed by atoms with E-state index < -0.39 is 6.10 Å². The van der Waals surface area contributed by atoms with Gasteiger partial charge in [-0.25, -0.2) is 0 Å². The molecule has 5 nitrogen and oxygen atoms in total. The highest BCUT2D eigenvalue weighted by molar-refractivity contribution is 6.09. The minimum Gasteiger partial charge on any atom is -0.389 e. The fraction of sp³-hybridized carbons (Fsp3) is 0.133. The van der Waals surface area contributed by atoms with Crippen molar-refractivity contribution in [3.8, 4) is 11.1 Å². The van der Waals surface area contributed by atoms with Crippen molar-refractivity contribution >= 4 is 23.2 Å². The molecule has 176 valence electrons. The zero-order valence-corrected chi connectivity index (χ0v) is 20.0. The van der Waals surface area contributed by atoms with Gasteiger partial charge in [0, 0.05) is 35.1 Å². The normalized spacial score (nSPS) is 11.5. The van der Waals surface area contributed by atoms with E-state index in [1.807, 2.05) is 61.5 Å². The molecule has 0 aliphatic rings. The maximum atomic E-state index is 13.1. The average Bonchev–Trinajstić information content (AvgIpc) is 2.88. The van der Waals surface area contributed by atoms with Gasteiger partial charge in [0.05, 0.1) is 6.10 Å². The number of hydrogen-bond acceptors (Lipinski definition) is 3. The Hall–Kier alpha value is -4.22. The first-order chi connectivity index (χ1) is 16.8. The Balaban J connectivity index is 1.51. The van der Waals surface area contributed by atoms with Crippen LogP contribution in [0, 0.1) is 6.92 Å². The third kappa shape index (κ3) is 5.31. The Labute approximate surface area is 205 Å². The predicted molar refractivity (Wildman–Crippen MR) is 141 cm³/mol. The Bertz CT molecular complexity index is 1340. The van der Waals surface area contributed by atoms with Crippen molar-refractivity contribution in [3.63, 3.8) is 0 Å². The van der Waals surface area contributed by atoms with Crippen LogP contribution in [0.3, 0.4) is 0 Å². The number of aliphatic hydroxyl groups is 1. The molecule has 2 amide bonds. The smallest absolute Gasteiger partial charge is 0.258 e. The molecule has 0 aliphatic heterocycles. The van der Waals surface area contributed by atoms with E-state index in [9.17, 15) is 14.7 Å². The Morgan fingerprint density at radius 3 is 2.14 bits per heavy atom. The standard InChI is InChI=1S/C30H28N2O3/c1-20-12-14-22(15-13-20)26-9-4-5-10-27(26)29(34)31-24-18-16-23(17-19-24)30(35)32(3)28-11-7-6-8-25(28)21(2)33/h4-19,21,33H,1-3H3,(H,31,34). The Morgan fingerprint density at radius 2 is 1.46 bits per heavy atom. The van der Waals surface area contributed by atoms with Crippen molar-refractivity contribution < 1.29 is 14.7 Å². The SMILES string of the molecule is Cc1ccc(-c2ccccc2C(=O)Nc2ccc(C(=O)N(C)c3ccccc3C(C)O)cc2)cc1. The van der Waals surface area contributed by atoms with Crippen LogP contribution in [-0.2, 0) is 0 Å². The molecular formula is C30H28N2O3. The summed E-state index contributed by atoms with van der Waals surface area (Å²) in [4.78, 5) is 27.7. The van der Waals surface area contributed by atoms with Gasteiger partial charge in [-0.3, -0.25) is 9.59 Å². The van der Waals surface area contributed by atoms with Crippen LogP contribution in [0.1, 0.15) is 44.9 Å². The molecule has 0 bridgehead atoms. The zero-order valence-electron chi connectivity index (χ0n) is 20.0. The molecule has 0 aliphatic carbocycles. The number of anilines is 2. The summed E-state index contributed by atoms with van der Waals surface area (Å²) in [6, 6.07) is 29.6. The lowest BCUT2D eigenvalue weighted by atomic mass is 9.98. The van der Waals surface area contributed by atoms with E-state index in [0.717, 1.165) is 16.7 Å². The van der Waals surface area contributed by atoms with E-state index in [2.05, 4.69) is 5.32 Å². The molecule has 0 saturated heterocycles. The monoisotopic (exact) mass is 464 g/mol. The van der Waals surface area contributed by atoms with Crippen LogP contribution in [0.25, 0.3) is 11.1 Å². The van der Waals surface area contributed by atoms with Crippen LogP contribution in [0.2, 0.25) is 0 Å². The number of amides is 2. The molecule has 2 N–H and O–H groups in total. The van der Waals surface area contributed by atoms with Crippen molar-refractivity contribution in [1.29, 1.82) is 0 Å². The van der Waals surface area contributed by atoms with E-state index in [0.29, 0.717) is 28.1 Å². The number of hydrogen-bond donors (Lipinski definition) is 2. The zero-order chi connectivity index (χ0) is 24.9. The highest BCUT2D eigenvalue weighted by Gasteiger charge is 2.18. The lowest BCUT2D eigenvalue weighted by Crippen LogP contribution is -2.27. The van der Waals surface area contributed by atoms with E-state index in [1.54, 1.807) is 56.4 Å². The molecule has 1 unspecified atom stereocenters. The lowest BCUT2D eigenvalue weighted by Gasteiger charge is -2.22. The summed E-state index contributed by atoms with van der Waals surface area (Å²) in [5.41, 5.74) is 5.97. The van der Waals surface area contributed by atoms with Crippen molar-refractivity contribution in [1.82, 2.24) is 0 Å². The highest BCUT2D eigenvalue weighted by Crippen LogP contribution is 2.27. The number of aliphatic hydroxyl groups excluding tert-OH is 1. The third-order valence-electron chi connectivity index (χ3n) is 5.98. The van der Waals surface area contributed by atoms with Crippen molar-refractivity contribution in [2.75, 3.05) is 17.3 Å². The summed E-state index contributed by atoms with van der Waals surface area (Å²) in [6.45, 7) is 3.70. The summed E-state index contributed by atoms with van der Waals surface area (Å²) in [5.74, 6) is -0.427. The van der Waals surface area contributed by atoms with Crippen molar-refractivity contribution in [3.05, 3.63) is 119 Å². The van der Waals surface area contributed by atoms with Gasteiger partial charge in [0.1, 0.15) is 0 Å². The maximum Gasteiger partial charge on any atom is 0.258 e. The topological polar surface area (TPSA) is 69.6 Å². The van der Waals surface area contributed by atoms with Crippen LogP contribution in [0.4, 0.5) is 11.4 Å². The van der Waals surface area contributed by atoms with Crippen molar-refractivity contribution in [2.24, 2.45) is 0 Å². The van der Waals surface area contributed by atoms with E-state index >= 15 is 0 Å². The first kappa shape index (κ1) is 23.9. The van der Waals surface area contributed by atoms with E-state index in [-0.39, 0.29) is 11.8 Å². The van der Waals surface area contributed by atoms with Gasteiger partial charge in [0.2, 0.25) is 0 Å². The molecule has 1 atom stereocenters. The quantitative estimate of drug-likeness (QED) is 0.355. The number of carbonyl (C=O) groups excluding carboxylic acids is 2. The number of nitrogens with zero attached hydrogens (tertiary/aromatic N) is 1. The molecule has 35 heavy (non-hydrogen) atoms. The minimum absolute atomic E-state index is 0.208. The Kier molecular flexibility index (Phi) is 7.09. The summed E-state index contributed by atoms with van der Waals surface area (Å²) < 4.78 is 0. The number of carbonyl (C=O) groups is 2. The average molecular weight is 465 g/mol. The van der Waals surface area contributed by atoms with Crippen molar-refractivity contribution in [2.45, 2.75) is 20.0 Å². The number of para-hydroxylation sites is 1. The molecule has 4 aromatic carbocycles. The summed E-state index contributed by atoms with van der Waals surface area (Å²) in [5, 5.41) is 13.0. The molecule has 0 heterocycles. The fourth-order valence-electron chi connectivity index (χ4n) is 4.01. The van der Waals surface area contributed by atoms with Crippen LogP contribution in [0.5, 0.6) is 0 Å². The fourth-order valence-corrected chi connectivity index (χ4v) is 4.01. The molecule has 4 rings (SSSR count). The van der Waals surface area contributed by atoms with Gasteiger partial charge in [0.15, 0.2) is 0 Å². The van der Waals surface area contributed by atoms with Gasteiger partial charge in [-0.15, -0.1) is 0 Å². The third-order valence-corrected chi connectivity index (χ3v) is 5.98. The molecular weight excluding hydrogens is 436 g/mol. The van der Waals surface area contributed by atoms with Gasteiger partial charge in [-0.2, -0.15) is 0 Å². The second kappa shape index (κ2) is 10.4. The molecule has 5 heteroatoms. The van der Waals surface area contributed by atoms with Gasteiger partial charge in [0.25, 0.3) is 11.8 Å². The number of rotatable bonds is 6. The maximum absolute atomic E-state index is 13.1. The molecule has 0 saturated carbocycles. The second-order valence-electron chi connectivity index (χ2n) is 8.54. The van der Waals surface area contributed by atoms with Gasteiger partial charge in [-0.1, -0.05) is 66.2 Å².